The monoisotopic (exact) mass is 437 g/mol. The number of aryl methyl sites for hydroxylation is 1. The van der Waals surface area contributed by atoms with E-state index < -0.39 is 23.8 Å². The summed E-state index contributed by atoms with van der Waals surface area (Å²) in [5, 5.41) is 0. The van der Waals surface area contributed by atoms with Crippen LogP contribution in [0.4, 0.5) is 0 Å². The molecule has 1 aromatic carbocycles. The first kappa shape index (κ1) is 20.7. The molecule has 0 unspecified atom stereocenters. The van der Waals surface area contributed by atoms with Gasteiger partial charge in [0.1, 0.15) is 5.75 Å². The van der Waals surface area contributed by atoms with E-state index in [0.29, 0.717) is 22.6 Å². The van der Waals surface area contributed by atoms with Gasteiger partial charge in [-0.3, -0.25) is 4.79 Å². The molecule has 0 spiro atoms. The molecule has 144 valence electrons. The van der Waals surface area contributed by atoms with Crippen LogP contribution in [0, 0.1) is 13.8 Å². The summed E-state index contributed by atoms with van der Waals surface area (Å²) in [6.45, 7) is 4.43. The molecule has 1 heterocycles. The van der Waals surface area contributed by atoms with Crippen LogP contribution in [0.3, 0.4) is 0 Å². The van der Waals surface area contributed by atoms with Gasteiger partial charge in [0.15, 0.2) is 12.7 Å². The number of carbonyl (C=O) groups is 3. The van der Waals surface area contributed by atoms with Gasteiger partial charge in [0.05, 0.1) is 18.4 Å². The predicted octanol–water partition coefficient (Wildman–Crippen LogP) is 3.37. The Morgan fingerprint density at radius 1 is 1.22 bits per heavy atom. The molecule has 0 aliphatic heterocycles. The van der Waals surface area contributed by atoms with Crippen molar-refractivity contribution in [2.24, 2.45) is 0 Å². The van der Waals surface area contributed by atoms with Gasteiger partial charge in [0.25, 0.3) is 0 Å². The number of ether oxygens (including phenoxy) is 3. The maximum absolute atomic E-state index is 12.6. The highest BCUT2D eigenvalue weighted by molar-refractivity contribution is 9.10. The van der Waals surface area contributed by atoms with E-state index >= 15 is 0 Å². The molecule has 0 fully saturated rings. The zero-order chi connectivity index (χ0) is 20.1. The number of carbonyl (C=O) groups excluding carboxylic acids is 3. The molecule has 2 rings (SSSR count). The SMILES string of the molecule is COC(=O)c1c(C)[nH]c(C(=O)[C@H](C)OC(=O)COc2cccc(Br)c2)c1C. The number of Topliss-reactive ketones (excluding diaryl/α,β-unsaturated/α-hetero) is 1. The van der Waals surface area contributed by atoms with Crippen LogP contribution in [0.2, 0.25) is 0 Å². The van der Waals surface area contributed by atoms with E-state index in [0.717, 1.165) is 4.47 Å². The van der Waals surface area contributed by atoms with Crippen molar-refractivity contribution < 1.29 is 28.6 Å². The Morgan fingerprint density at radius 2 is 1.93 bits per heavy atom. The van der Waals surface area contributed by atoms with E-state index in [9.17, 15) is 14.4 Å². The number of methoxy groups -OCH3 is 1. The van der Waals surface area contributed by atoms with Crippen LogP contribution in [0.1, 0.15) is 39.0 Å². The minimum absolute atomic E-state index is 0.209. The van der Waals surface area contributed by atoms with Crippen molar-refractivity contribution in [3.63, 3.8) is 0 Å². The fourth-order valence-electron chi connectivity index (χ4n) is 2.59. The first-order chi connectivity index (χ1) is 12.7. The Bertz CT molecular complexity index is 873. The summed E-state index contributed by atoms with van der Waals surface area (Å²) in [5.74, 6) is -1.15. The molecule has 8 heteroatoms. The first-order valence-corrected chi connectivity index (χ1v) is 8.93. The molecule has 0 aliphatic rings. The molecule has 2 aromatic rings. The minimum Gasteiger partial charge on any atom is -0.482 e. The minimum atomic E-state index is -1.04. The lowest BCUT2D eigenvalue weighted by Gasteiger charge is -2.13. The highest BCUT2D eigenvalue weighted by Crippen LogP contribution is 2.21. The predicted molar refractivity (Wildman–Crippen MR) is 101 cm³/mol. The van der Waals surface area contributed by atoms with Gasteiger partial charge in [-0.1, -0.05) is 22.0 Å². The molecule has 0 aliphatic carbocycles. The Hall–Kier alpha value is -2.61. The topological polar surface area (TPSA) is 94.7 Å². The molecule has 0 bridgehead atoms. The first-order valence-electron chi connectivity index (χ1n) is 8.14. The van der Waals surface area contributed by atoms with Gasteiger partial charge in [-0.2, -0.15) is 0 Å². The Kier molecular flexibility index (Phi) is 6.79. The molecule has 1 aromatic heterocycles. The van der Waals surface area contributed by atoms with Gasteiger partial charge in [-0.25, -0.2) is 9.59 Å². The van der Waals surface area contributed by atoms with Gasteiger partial charge in [-0.15, -0.1) is 0 Å². The van der Waals surface area contributed by atoms with Crippen molar-refractivity contribution in [1.29, 1.82) is 0 Å². The smallest absolute Gasteiger partial charge is 0.344 e. The van der Waals surface area contributed by atoms with Crippen LogP contribution in [0.25, 0.3) is 0 Å². The third kappa shape index (κ3) is 4.97. The summed E-state index contributed by atoms with van der Waals surface area (Å²) in [7, 11) is 1.27. The lowest BCUT2D eigenvalue weighted by molar-refractivity contribution is -0.148. The molecular weight excluding hydrogens is 418 g/mol. The summed E-state index contributed by atoms with van der Waals surface area (Å²) >= 11 is 3.31. The van der Waals surface area contributed by atoms with Gasteiger partial charge in [0, 0.05) is 10.2 Å². The third-order valence-electron chi connectivity index (χ3n) is 3.90. The number of esters is 2. The van der Waals surface area contributed by atoms with Crippen LogP contribution < -0.4 is 4.74 Å². The number of hydrogen-bond donors (Lipinski definition) is 1. The number of H-pyrrole nitrogens is 1. The summed E-state index contributed by atoms with van der Waals surface area (Å²) < 4.78 is 16.0. The molecule has 1 atom stereocenters. The fourth-order valence-corrected chi connectivity index (χ4v) is 2.97. The van der Waals surface area contributed by atoms with E-state index in [2.05, 4.69) is 20.9 Å². The zero-order valence-corrected chi connectivity index (χ0v) is 17.0. The number of benzene rings is 1. The second kappa shape index (κ2) is 8.85. The van der Waals surface area contributed by atoms with Crippen molar-refractivity contribution in [2.75, 3.05) is 13.7 Å². The number of nitrogens with one attached hydrogen (secondary N) is 1. The van der Waals surface area contributed by atoms with E-state index in [-0.39, 0.29) is 12.3 Å². The molecule has 0 saturated heterocycles. The molecule has 0 radical (unpaired) electrons. The quantitative estimate of drug-likeness (QED) is 0.526. The number of rotatable bonds is 7. The van der Waals surface area contributed by atoms with Crippen LogP contribution in [0.5, 0.6) is 5.75 Å². The van der Waals surface area contributed by atoms with Crippen molar-refractivity contribution >= 4 is 33.7 Å². The van der Waals surface area contributed by atoms with Gasteiger partial charge >= 0.3 is 11.9 Å². The summed E-state index contributed by atoms with van der Waals surface area (Å²) in [4.78, 5) is 39.2. The molecule has 27 heavy (non-hydrogen) atoms. The Morgan fingerprint density at radius 3 is 2.56 bits per heavy atom. The lowest BCUT2D eigenvalue weighted by atomic mass is 10.1. The van der Waals surface area contributed by atoms with Gasteiger partial charge in [0.2, 0.25) is 5.78 Å². The molecule has 0 amide bonds. The summed E-state index contributed by atoms with van der Waals surface area (Å²) in [5.41, 5.74) is 1.48. The van der Waals surface area contributed by atoms with E-state index in [1.165, 1.54) is 14.0 Å². The number of ketones is 1. The maximum atomic E-state index is 12.6. The van der Waals surface area contributed by atoms with E-state index in [1.807, 2.05) is 6.07 Å². The molecular formula is C19H20BrNO6. The van der Waals surface area contributed by atoms with Gasteiger partial charge < -0.3 is 19.2 Å². The number of aromatic nitrogens is 1. The lowest BCUT2D eigenvalue weighted by Crippen LogP contribution is -2.28. The zero-order valence-electron chi connectivity index (χ0n) is 15.4. The number of hydrogen-bond acceptors (Lipinski definition) is 6. The van der Waals surface area contributed by atoms with Crippen LogP contribution in [0.15, 0.2) is 28.7 Å². The van der Waals surface area contributed by atoms with E-state index in [4.69, 9.17) is 14.2 Å². The highest BCUT2D eigenvalue weighted by atomic mass is 79.9. The largest absolute Gasteiger partial charge is 0.482 e. The maximum Gasteiger partial charge on any atom is 0.344 e. The fraction of sp³-hybridized carbons (Fsp3) is 0.316. The average Bonchev–Trinajstić information content (AvgIpc) is 2.93. The summed E-state index contributed by atoms with van der Waals surface area (Å²) in [6, 6.07) is 7.01. The highest BCUT2D eigenvalue weighted by Gasteiger charge is 2.27. The molecule has 7 nitrogen and oxygen atoms in total. The second-order valence-corrected chi connectivity index (χ2v) is 6.77. The second-order valence-electron chi connectivity index (χ2n) is 5.86. The van der Waals surface area contributed by atoms with E-state index in [1.54, 1.807) is 32.0 Å². The van der Waals surface area contributed by atoms with Crippen molar-refractivity contribution in [1.82, 2.24) is 4.98 Å². The van der Waals surface area contributed by atoms with Gasteiger partial charge in [-0.05, 0) is 44.5 Å². The standard InChI is InChI=1S/C19H20BrNO6/c1-10-16(19(24)25-4)11(2)21-17(10)18(23)12(3)27-15(22)9-26-14-7-5-6-13(20)8-14/h5-8,12,21H,9H2,1-4H3/t12-/m0/s1. The number of aromatic amines is 1. The molecule has 1 N–H and O–H groups in total. The Balaban J connectivity index is 2.01. The van der Waals surface area contributed by atoms with Crippen LogP contribution in [-0.2, 0) is 14.3 Å². The van der Waals surface area contributed by atoms with Crippen molar-refractivity contribution in [2.45, 2.75) is 26.9 Å². The molecule has 0 saturated carbocycles. The Labute approximate surface area is 165 Å². The third-order valence-corrected chi connectivity index (χ3v) is 4.40. The van der Waals surface area contributed by atoms with Crippen molar-refractivity contribution in [3.05, 3.63) is 51.3 Å². The van der Waals surface area contributed by atoms with Crippen LogP contribution in [-0.4, -0.2) is 42.5 Å². The number of halogens is 1. The summed E-state index contributed by atoms with van der Waals surface area (Å²) in [6.07, 6.45) is -1.04. The van der Waals surface area contributed by atoms with Crippen molar-refractivity contribution in [3.8, 4) is 5.75 Å². The average molecular weight is 438 g/mol. The van der Waals surface area contributed by atoms with Crippen LogP contribution >= 0.6 is 15.9 Å². The normalized spacial score (nSPS) is 11.6.